The summed E-state index contributed by atoms with van der Waals surface area (Å²) in [5.74, 6) is 1.40. The third kappa shape index (κ3) is 4.17. The molecule has 24 heavy (non-hydrogen) atoms. The van der Waals surface area contributed by atoms with Gasteiger partial charge in [-0.25, -0.2) is 0 Å². The van der Waals surface area contributed by atoms with Gasteiger partial charge in [-0.05, 0) is 49.5 Å². The molecule has 2 atom stereocenters. The van der Waals surface area contributed by atoms with Crippen LogP contribution in [0.3, 0.4) is 0 Å². The zero-order valence-corrected chi connectivity index (χ0v) is 14.3. The first-order valence-electron chi connectivity index (χ1n) is 9.45. The van der Waals surface area contributed by atoms with Crippen molar-refractivity contribution in [3.63, 3.8) is 0 Å². The number of nitrogens with one attached hydrogen (secondary N) is 1. The molecule has 2 unspecified atom stereocenters. The van der Waals surface area contributed by atoms with Crippen molar-refractivity contribution < 1.29 is 9.53 Å². The monoisotopic (exact) mass is 328 g/mol. The first kappa shape index (κ1) is 16.1. The van der Waals surface area contributed by atoms with Crippen LogP contribution in [0.1, 0.15) is 43.7 Å². The molecule has 2 aliphatic carbocycles. The lowest BCUT2D eigenvalue weighted by Gasteiger charge is -2.26. The SMILES string of the molecule is O=C(CN(CC1CCOC1)C1CC1)NC(c1ccccc1)C1CC1. The molecule has 1 amide bonds. The van der Waals surface area contributed by atoms with Gasteiger partial charge in [-0.3, -0.25) is 9.69 Å². The van der Waals surface area contributed by atoms with Crippen molar-refractivity contribution in [3.05, 3.63) is 35.9 Å². The smallest absolute Gasteiger partial charge is 0.234 e. The topological polar surface area (TPSA) is 41.6 Å². The van der Waals surface area contributed by atoms with Gasteiger partial charge in [0.15, 0.2) is 0 Å². The van der Waals surface area contributed by atoms with Gasteiger partial charge in [-0.1, -0.05) is 30.3 Å². The van der Waals surface area contributed by atoms with Crippen LogP contribution in [0.4, 0.5) is 0 Å². The van der Waals surface area contributed by atoms with E-state index in [4.69, 9.17) is 4.74 Å². The first-order valence-corrected chi connectivity index (χ1v) is 9.45. The van der Waals surface area contributed by atoms with Crippen LogP contribution >= 0.6 is 0 Å². The van der Waals surface area contributed by atoms with Gasteiger partial charge in [-0.15, -0.1) is 0 Å². The van der Waals surface area contributed by atoms with E-state index in [1.54, 1.807) is 0 Å². The lowest BCUT2D eigenvalue weighted by atomic mass is 10.0. The molecule has 3 aliphatic rings. The average molecular weight is 328 g/mol. The minimum absolute atomic E-state index is 0.182. The molecule has 1 saturated heterocycles. The summed E-state index contributed by atoms with van der Waals surface area (Å²) in [4.78, 5) is 15.1. The number of hydrogen-bond acceptors (Lipinski definition) is 3. The Bertz CT molecular complexity index is 548. The van der Waals surface area contributed by atoms with Gasteiger partial charge in [0.2, 0.25) is 5.91 Å². The Hall–Kier alpha value is -1.39. The van der Waals surface area contributed by atoms with Crippen LogP contribution in [0.25, 0.3) is 0 Å². The highest BCUT2D eigenvalue weighted by molar-refractivity contribution is 5.78. The van der Waals surface area contributed by atoms with Crippen LogP contribution in [0, 0.1) is 11.8 Å². The highest BCUT2D eigenvalue weighted by atomic mass is 16.5. The second kappa shape index (κ2) is 7.24. The van der Waals surface area contributed by atoms with Gasteiger partial charge in [0.25, 0.3) is 0 Å². The van der Waals surface area contributed by atoms with E-state index >= 15 is 0 Å². The van der Waals surface area contributed by atoms with Crippen LogP contribution < -0.4 is 5.32 Å². The number of rotatable bonds is 8. The van der Waals surface area contributed by atoms with Gasteiger partial charge < -0.3 is 10.1 Å². The molecule has 1 aliphatic heterocycles. The van der Waals surface area contributed by atoms with E-state index < -0.39 is 0 Å². The standard InChI is InChI=1S/C20H28N2O2/c23-19(13-22(18-8-9-18)12-15-10-11-24-14-15)21-20(17-6-7-17)16-4-2-1-3-5-16/h1-5,15,17-18,20H,6-14H2,(H,21,23). The van der Waals surface area contributed by atoms with E-state index in [2.05, 4.69) is 34.5 Å². The number of amides is 1. The molecule has 0 spiro atoms. The molecule has 1 aromatic rings. The van der Waals surface area contributed by atoms with Gasteiger partial charge in [0.1, 0.15) is 0 Å². The number of nitrogens with zero attached hydrogens (tertiary/aromatic N) is 1. The summed E-state index contributed by atoms with van der Waals surface area (Å²) in [6.07, 6.45) is 6.08. The van der Waals surface area contributed by atoms with Crippen molar-refractivity contribution >= 4 is 5.91 Å². The average Bonchev–Trinajstić information content (AvgIpc) is 3.52. The van der Waals surface area contributed by atoms with Gasteiger partial charge >= 0.3 is 0 Å². The molecule has 2 saturated carbocycles. The Labute approximate surface area is 144 Å². The van der Waals surface area contributed by atoms with Crippen molar-refractivity contribution in [2.24, 2.45) is 11.8 Å². The predicted molar refractivity (Wildman–Crippen MR) is 93.6 cm³/mol. The molecule has 4 heteroatoms. The van der Waals surface area contributed by atoms with Crippen molar-refractivity contribution in [3.8, 4) is 0 Å². The molecule has 1 aromatic carbocycles. The summed E-state index contributed by atoms with van der Waals surface area (Å²) in [6, 6.07) is 11.2. The fourth-order valence-electron chi connectivity index (χ4n) is 3.81. The molecule has 4 rings (SSSR count). The number of carbonyl (C=O) groups is 1. The molecular formula is C20H28N2O2. The number of benzene rings is 1. The third-order valence-corrected chi connectivity index (χ3v) is 5.50. The van der Waals surface area contributed by atoms with Gasteiger partial charge in [0, 0.05) is 19.2 Å². The molecular weight excluding hydrogens is 300 g/mol. The highest BCUT2D eigenvalue weighted by Gasteiger charge is 2.36. The fraction of sp³-hybridized carbons (Fsp3) is 0.650. The van der Waals surface area contributed by atoms with E-state index in [1.807, 2.05) is 6.07 Å². The van der Waals surface area contributed by atoms with Crippen LogP contribution in [0.15, 0.2) is 30.3 Å². The lowest BCUT2D eigenvalue weighted by molar-refractivity contribution is -0.123. The number of hydrogen-bond donors (Lipinski definition) is 1. The first-order chi connectivity index (χ1) is 11.8. The zero-order chi connectivity index (χ0) is 16.4. The second-order valence-corrected chi connectivity index (χ2v) is 7.68. The van der Waals surface area contributed by atoms with Crippen molar-refractivity contribution in [2.75, 3.05) is 26.3 Å². The fourth-order valence-corrected chi connectivity index (χ4v) is 3.81. The summed E-state index contributed by atoms with van der Waals surface area (Å²) >= 11 is 0. The number of ether oxygens (including phenoxy) is 1. The van der Waals surface area contributed by atoms with E-state index in [0.29, 0.717) is 24.4 Å². The van der Waals surface area contributed by atoms with Crippen molar-refractivity contribution in [2.45, 2.75) is 44.2 Å². The van der Waals surface area contributed by atoms with Crippen molar-refractivity contribution in [1.29, 1.82) is 0 Å². The summed E-state index contributed by atoms with van der Waals surface area (Å²) in [5.41, 5.74) is 1.25. The van der Waals surface area contributed by atoms with Crippen molar-refractivity contribution in [1.82, 2.24) is 10.2 Å². The Morgan fingerprint density at radius 3 is 2.58 bits per heavy atom. The van der Waals surface area contributed by atoms with E-state index in [1.165, 1.54) is 31.2 Å². The maximum atomic E-state index is 12.7. The molecule has 130 valence electrons. The summed E-state index contributed by atoms with van der Waals surface area (Å²) in [6.45, 7) is 3.29. The molecule has 3 fully saturated rings. The zero-order valence-electron chi connectivity index (χ0n) is 14.3. The second-order valence-electron chi connectivity index (χ2n) is 7.68. The Morgan fingerprint density at radius 2 is 1.96 bits per heavy atom. The molecule has 0 bridgehead atoms. The van der Waals surface area contributed by atoms with Crippen LogP contribution in [-0.4, -0.2) is 43.2 Å². The van der Waals surface area contributed by atoms with Crippen LogP contribution in [0.2, 0.25) is 0 Å². The lowest BCUT2D eigenvalue weighted by Crippen LogP contribution is -2.42. The highest BCUT2D eigenvalue weighted by Crippen LogP contribution is 2.41. The number of carbonyl (C=O) groups excluding carboxylic acids is 1. The predicted octanol–water partition coefficient (Wildman–Crippen LogP) is 2.75. The molecule has 0 aromatic heterocycles. The third-order valence-electron chi connectivity index (χ3n) is 5.50. The molecule has 1 N–H and O–H groups in total. The van der Waals surface area contributed by atoms with E-state index in [-0.39, 0.29) is 11.9 Å². The van der Waals surface area contributed by atoms with Crippen LogP contribution in [0.5, 0.6) is 0 Å². The Morgan fingerprint density at radius 1 is 1.17 bits per heavy atom. The summed E-state index contributed by atoms with van der Waals surface area (Å²) in [7, 11) is 0. The van der Waals surface area contributed by atoms with E-state index in [9.17, 15) is 4.79 Å². The molecule has 1 heterocycles. The Balaban J connectivity index is 1.35. The minimum Gasteiger partial charge on any atom is -0.381 e. The van der Waals surface area contributed by atoms with E-state index in [0.717, 1.165) is 26.2 Å². The van der Waals surface area contributed by atoms with Gasteiger partial charge in [-0.2, -0.15) is 0 Å². The Kier molecular flexibility index (Phi) is 4.86. The normalized spacial score (nSPS) is 25.0. The quantitative estimate of drug-likeness (QED) is 0.798. The molecule has 0 radical (unpaired) electrons. The maximum absolute atomic E-state index is 12.7. The summed E-state index contributed by atoms with van der Waals surface area (Å²) in [5, 5.41) is 3.32. The van der Waals surface area contributed by atoms with Gasteiger partial charge in [0.05, 0.1) is 19.2 Å². The largest absolute Gasteiger partial charge is 0.381 e. The minimum atomic E-state index is 0.182. The maximum Gasteiger partial charge on any atom is 0.234 e. The summed E-state index contributed by atoms with van der Waals surface area (Å²) < 4.78 is 5.50. The molecule has 4 nitrogen and oxygen atoms in total. The van der Waals surface area contributed by atoms with Crippen LogP contribution in [-0.2, 0) is 9.53 Å².